The second-order valence-electron chi connectivity index (χ2n) is 9.41. The van der Waals surface area contributed by atoms with Gasteiger partial charge in [-0.05, 0) is 42.5 Å². The van der Waals surface area contributed by atoms with Crippen LogP contribution in [0.2, 0.25) is 0 Å². The van der Waals surface area contributed by atoms with Crippen molar-refractivity contribution < 1.29 is 43.5 Å². The van der Waals surface area contributed by atoms with Crippen molar-refractivity contribution in [3.8, 4) is 74.0 Å². The molecule has 10 heteroatoms. The smallest absolute Gasteiger partial charge is 0.197 e. The molecule has 4 aromatic carbocycles. The SMILES string of the molecule is COc1ccc(-c2oc3cc4oc(-c5ccc(O)c(OC)c5)cc(=O)c4c(O)c3c2-c2c(O)cc(O)cc2OC)cc1. The third-order valence-corrected chi connectivity index (χ3v) is 7.00. The van der Waals surface area contributed by atoms with Gasteiger partial charge in [0.2, 0.25) is 0 Å². The Hall–Kier alpha value is -5.77. The van der Waals surface area contributed by atoms with Crippen LogP contribution in [0.25, 0.3) is 55.7 Å². The summed E-state index contributed by atoms with van der Waals surface area (Å²) in [4.78, 5) is 13.4. The topological polar surface area (TPSA) is 152 Å². The third kappa shape index (κ3) is 4.17. The lowest BCUT2D eigenvalue weighted by atomic mass is 9.95. The molecule has 0 aliphatic carbocycles. The first-order valence-corrected chi connectivity index (χ1v) is 12.6. The fourth-order valence-corrected chi connectivity index (χ4v) is 5.03. The molecule has 0 fully saturated rings. The Morgan fingerprint density at radius 1 is 0.619 bits per heavy atom. The molecule has 0 atom stereocenters. The molecule has 0 bridgehead atoms. The lowest BCUT2D eigenvalue weighted by Crippen LogP contribution is -2.01. The number of rotatable bonds is 6. The highest BCUT2D eigenvalue weighted by atomic mass is 16.5. The van der Waals surface area contributed by atoms with Crippen LogP contribution in [0.5, 0.6) is 40.2 Å². The molecule has 6 aromatic rings. The Morgan fingerprint density at radius 2 is 1.31 bits per heavy atom. The summed E-state index contributed by atoms with van der Waals surface area (Å²) in [6, 6.07) is 16.6. The molecule has 0 saturated carbocycles. The van der Waals surface area contributed by atoms with Gasteiger partial charge in [0.15, 0.2) is 16.9 Å². The normalized spacial score (nSPS) is 11.2. The molecule has 0 spiro atoms. The molecule has 10 nitrogen and oxygen atoms in total. The third-order valence-electron chi connectivity index (χ3n) is 7.00. The number of ether oxygens (including phenoxy) is 3. The molecule has 212 valence electrons. The minimum absolute atomic E-state index is 0.0398. The number of hydrogen-bond donors (Lipinski definition) is 4. The van der Waals surface area contributed by atoms with Crippen LogP contribution < -0.4 is 19.6 Å². The Labute approximate surface area is 237 Å². The molecule has 4 N–H and O–H groups in total. The van der Waals surface area contributed by atoms with E-state index in [9.17, 15) is 25.2 Å². The van der Waals surface area contributed by atoms with E-state index in [0.29, 0.717) is 16.9 Å². The van der Waals surface area contributed by atoms with Gasteiger partial charge in [0.05, 0.1) is 32.3 Å². The Kier molecular flexibility index (Phi) is 6.30. The maximum Gasteiger partial charge on any atom is 0.197 e. The number of aromatic hydroxyl groups is 4. The van der Waals surface area contributed by atoms with Crippen molar-refractivity contribution in [1.82, 2.24) is 0 Å². The molecule has 2 aromatic heterocycles. The summed E-state index contributed by atoms with van der Waals surface area (Å²) in [6.45, 7) is 0. The lowest BCUT2D eigenvalue weighted by molar-refractivity contribution is 0.373. The first-order chi connectivity index (χ1) is 20.2. The van der Waals surface area contributed by atoms with Crippen molar-refractivity contribution >= 4 is 21.9 Å². The van der Waals surface area contributed by atoms with E-state index in [1.807, 2.05) is 0 Å². The van der Waals surface area contributed by atoms with Gasteiger partial charge in [-0.3, -0.25) is 4.79 Å². The minimum Gasteiger partial charge on any atom is -0.508 e. The highest BCUT2D eigenvalue weighted by Gasteiger charge is 2.28. The summed E-state index contributed by atoms with van der Waals surface area (Å²) in [6.07, 6.45) is 0. The lowest BCUT2D eigenvalue weighted by Gasteiger charge is -2.13. The van der Waals surface area contributed by atoms with Crippen LogP contribution in [0.3, 0.4) is 0 Å². The van der Waals surface area contributed by atoms with E-state index in [1.165, 1.54) is 51.7 Å². The van der Waals surface area contributed by atoms with Gasteiger partial charge in [0.1, 0.15) is 56.8 Å². The largest absolute Gasteiger partial charge is 0.508 e. The van der Waals surface area contributed by atoms with E-state index in [1.54, 1.807) is 30.3 Å². The number of furan rings is 1. The van der Waals surface area contributed by atoms with Gasteiger partial charge in [0, 0.05) is 41.0 Å². The van der Waals surface area contributed by atoms with Crippen LogP contribution in [-0.2, 0) is 0 Å². The fourth-order valence-electron chi connectivity index (χ4n) is 5.03. The van der Waals surface area contributed by atoms with Gasteiger partial charge < -0.3 is 43.5 Å². The van der Waals surface area contributed by atoms with Gasteiger partial charge in [-0.25, -0.2) is 0 Å². The Balaban J connectivity index is 1.69. The zero-order valence-electron chi connectivity index (χ0n) is 22.6. The molecule has 0 aliphatic heterocycles. The van der Waals surface area contributed by atoms with Gasteiger partial charge >= 0.3 is 0 Å². The second kappa shape index (κ2) is 10.0. The highest BCUT2D eigenvalue weighted by Crippen LogP contribution is 2.52. The van der Waals surface area contributed by atoms with Gasteiger partial charge in [-0.15, -0.1) is 0 Å². The summed E-state index contributed by atoms with van der Waals surface area (Å²) in [5, 5.41) is 42.7. The van der Waals surface area contributed by atoms with E-state index in [4.69, 9.17) is 23.0 Å². The average molecular weight is 569 g/mol. The van der Waals surface area contributed by atoms with E-state index >= 15 is 0 Å². The average Bonchev–Trinajstić information content (AvgIpc) is 3.35. The Bertz CT molecular complexity index is 2050. The summed E-state index contributed by atoms with van der Waals surface area (Å²) in [5.41, 5.74) is 1.04. The first kappa shape index (κ1) is 26.5. The van der Waals surface area contributed by atoms with Crippen LogP contribution in [0.4, 0.5) is 0 Å². The second-order valence-corrected chi connectivity index (χ2v) is 9.41. The summed E-state index contributed by atoms with van der Waals surface area (Å²) in [7, 11) is 4.31. The standard InChI is InChI=1S/C32H24O10/c1-38-18-7-4-15(5-8-18)32-30(27-20(35)11-17(33)12-24(27)40-3)29-26(42-32)14-25-28(31(29)37)21(36)13-22(41-25)16-6-9-19(34)23(10-16)39-2/h4-14,33-35,37H,1-3H3. The van der Waals surface area contributed by atoms with E-state index in [0.717, 1.165) is 6.07 Å². The summed E-state index contributed by atoms with van der Waals surface area (Å²) < 4.78 is 28.3. The molecular weight excluding hydrogens is 544 g/mol. The van der Waals surface area contributed by atoms with E-state index in [-0.39, 0.29) is 73.3 Å². The number of phenols is 4. The predicted octanol–water partition coefficient (Wildman–Crippen LogP) is 6.39. The quantitative estimate of drug-likeness (QED) is 0.178. The molecule has 42 heavy (non-hydrogen) atoms. The van der Waals surface area contributed by atoms with Crippen molar-refractivity contribution in [3.05, 3.63) is 77.0 Å². The van der Waals surface area contributed by atoms with Crippen molar-refractivity contribution in [2.45, 2.75) is 0 Å². The van der Waals surface area contributed by atoms with Crippen LogP contribution in [0.15, 0.2) is 80.4 Å². The van der Waals surface area contributed by atoms with Crippen molar-refractivity contribution in [2.24, 2.45) is 0 Å². The number of benzene rings is 4. The fraction of sp³-hybridized carbons (Fsp3) is 0.0938. The molecule has 0 saturated heterocycles. The first-order valence-electron chi connectivity index (χ1n) is 12.6. The van der Waals surface area contributed by atoms with Gasteiger partial charge in [0.25, 0.3) is 0 Å². The van der Waals surface area contributed by atoms with Gasteiger partial charge in [-0.2, -0.15) is 0 Å². The molecule has 6 rings (SSSR count). The molecule has 0 amide bonds. The number of methoxy groups -OCH3 is 3. The monoisotopic (exact) mass is 568 g/mol. The number of fused-ring (bicyclic) bond motifs is 2. The molecule has 0 unspecified atom stereocenters. The molecule has 2 heterocycles. The summed E-state index contributed by atoms with van der Waals surface area (Å²) >= 11 is 0. The van der Waals surface area contributed by atoms with Crippen LogP contribution in [0.1, 0.15) is 0 Å². The van der Waals surface area contributed by atoms with Gasteiger partial charge in [-0.1, -0.05) is 0 Å². The highest BCUT2D eigenvalue weighted by molar-refractivity contribution is 6.13. The number of hydrogen-bond acceptors (Lipinski definition) is 10. The zero-order valence-corrected chi connectivity index (χ0v) is 22.6. The van der Waals surface area contributed by atoms with E-state index < -0.39 is 11.2 Å². The number of phenolic OH excluding ortho intramolecular Hbond substituents is 4. The van der Waals surface area contributed by atoms with Crippen LogP contribution >= 0.6 is 0 Å². The maximum atomic E-state index is 13.4. The zero-order chi connectivity index (χ0) is 29.7. The molecule has 0 aliphatic rings. The van der Waals surface area contributed by atoms with E-state index in [2.05, 4.69) is 0 Å². The van der Waals surface area contributed by atoms with Crippen molar-refractivity contribution in [1.29, 1.82) is 0 Å². The Morgan fingerprint density at radius 3 is 2.00 bits per heavy atom. The maximum absolute atomic E-state index is 13.4. The van der Waals surface area contributed by atoms with Crippen molar-refractivity contribution in [2.75, 3.05) is 21.3 Å². The minimum atomic E-state index is -0.544. The van der Waals surface area contributed by atoms with Crippen molar-refractivity contribution in [3.63, 3.8) is 0 Å². The van der Waals surface area contributed by atoms with Crippen LogP contribution in [-0.4, -0.2) is 41.8 Å². The summed E-state index contributed by atoms with van der Waals surface area (Å²) in [5.74, 6) is 0.225. The molecule has 0 radical (unpaired) electrons. The predicted molar refractivity (Wildman–Crippen MR) is 155 cm³/mol. The molecular formula is C32H24O10. The van der Waals surface area contributed by atoms with Crippen LogP contribution in [0, 0.1) is 0 Å².